The molecule has 112 valence electrons. The minimum absolute atomic E-state index is 0.617. The number of likely N-dealkylation sites (N-methyl/N-ethyl adjacent to an activating group) is 1. The second kappa shape index (κ2) is 6.88. The third kappa shape index (κ3) is 3.39. The average molecular weight is 277 g/mol. The number of nitrogens with zero attached hydrogens (tertiary/aromatic N) is 4. The maximum atomic E-state index is 4.71. The molecule has 0 saturated carbocycles. The van der Waals surface area contributed by atoms with Crippen LogP contribution in [0, 0.1) is 0 Å². The van der Waals surface area contributed by atoms with E-state index in [0.717, 1.165) is 50.1 Å². The van der Waals surface area contributed by atoms with E-state index in [1.807, 2.05) is 0 Å². The summed E-state index contributed by atoms with van der Waals surface area (Å²) in [5.41, 5.74) is 0. The highest BCUT2D eigenvalue weighted by Gasteiger charge is 2.24. The van der Waals surface area contributed by atoms with Gasteiger partial charge in [0, 0.05) is 44.7 Å². The van der Waals surface area contributed by atoms with Crippen LogP contribution < -0.4 is 10.2 Å². The van der Waals surface area contributed by atoms with Gasteiger partial charge in [0.25, 0.3) is 0 Å². The lowest BCUT2D eigenvalue weighted by Gasteiger charge is -2.39. The summed E-state index contributed by atoms with van der Waals surface area (Å²) in [7, 11) is 2.22. The van der Waals surface area contributed by atoms with E-state index in [9.17, 15) is 0 Å². The standard InChI is InChI=1S/C15H27N5/c1-5-12-11-20(9-8-19(12)4)15-10-14(16-7-3)17-13(6-2)18-15/h10,12H,5-9,11H2,1-4H3,(H,16,17,18). The Morgan fingerprint density at radius 2 is 2.05 bits per heavy atom. The van der Waals surface area contributed by atoms with Crippen molar-refractivity contribution in [1.29, 1.82) is 0 Å². The molecule has 1 aromatic heterocycles. The lowest BCUT2D eigenvalue weighted by atomic mass is 10.1. The van der Waals surface area contributed by atoms with Crippen molar-refractivity contribution in [3.8, 4) is 0 Å². The van der Waals surface area contributed by atoms with Crippen LogP contribution in [-0.2, 0) is 6.42 Å². The number of rotatable bonds is 5. The average Bonchev–Trinajstić information content (AvgIpc) is 2.47. The van der Waals surface area contributed by atoms with Gasteiger partial charge in [-0.25, -0.2) is 9.97 Å². The third-order valence-corrected chi connectivity index (χ3v) is 4.01. The monoisotopic (exact) mass is 277 g/mol. The van der Waals surface area contributed by atoms with Crippen LogP contribution in [0.4, 0.5) is 11.6 Å². The first kappa shape index (κ1) is 15.0. The summed E-state index contributed by atoms with van der Waals surface area (Å²) in [6.07, 6.45) is 2.05. The van der Waals surface area contributed by atoms with Gasteiger partial charge in [0.05, 0.1) is 0 Å². The molecule has 2 heterocycles. The van der Waals surface area contributed by atoms with Crippen molar-refractivity contribution >= 4 is 11.6 Å². The Balaban J connectivity index is 2.20. The van der Waals surface area contributed by atoms with Crippen LogP contribution in [0.25, 0.3) is 0 Å². The van der Waals surface area contributed by atoms with Gasteiger partial charge in [-0.15, -0.1) is 0 Å². The fraction of sp³-hybridized carbons (Fsp3) is 0.733. The van der Waals surface area contributed by atoms with Gasteiger partial charge in [0.15, 0.2) is 0 Å². The molecule has 1 aliphatic rings. The quantitative estimate of drug-likeness (QED) is 0.892. The Labute approximate surface area is 122 Å². The topological polar surface area (TPSA) is 44.3 Å². The van der Waals surface area contributed by atoms with E-state index in [2.05, 4.69) is 54.0 Å². The van der Waals surface area contributed by atoms with E-state index in [1.165, 1.54) is 6.42 Å². The number of piperazine rings is 1. The van der Waals surface area contributed by atoms with Crippen LogP contribution in [0.15, 0.2) is 6.07 Å². The zero-order valence-electron chi connectivity index (χ0n) is 13.2. The van der Waals surface area contributed by atoms with Crippen LogP contribution in [0.1, 0.15) is 33.0 Å². The van der Waals surface area contributed by atoms with Crippen molar-refractivity contribution in [2.45, 2.75) is 39.7 Å². The lowest BCUT2D eigenvalue weighted by Crippen LogP contribution is -2.51. The molecule has 1 saturated heterocycles. The number of anilines is 2. The van der Waals surface area contributed by atoms with E-state index in [1.54, 1.807) is 0 Å². The molecule has 5 heteroatoms. The van der Waals surface area contributed by atoms with Crippen LogP contribution in [0.3, 0.4) is 0 Å². The summed E-state index contributed by atoms with van der Waals surface area (Å²) in [5.74, 6) is 2.94. The van der Waals surface area contributed by atoms with Gasteiger partial charge in [-0.05, 0) is 20.4 Å². The second-order valence-electron chi connectivity index (χ2n) is 5.40. The van der Waals surface area contributed by atoms with Crippen LogP contribution in [0.2, 0.25) is 0 Å². The fourth-order valence-electron chi connectivity index (χ4n) is 2.67. The molecule has 20 heavy (non-hydrogen) atoms. The van der Waals surface area contributed by atoms with Crippen molar-refractivity contribution in [2.75, 3.05) is 43.4 Å². The number of hydrogen-bond acceptors (Lipinski definition) is 5. The first-order chi connectivity index (χ1) is 9.67. The third-order valence-electron chi connectivity index (χ3n) is 4.01. The lowest BCUT2D eigenvalue weighted by molar-refractivity contribution is 0.213. The Kier molecular flexibility index (Phi) is 5.17. The smallest absolute Gasteiger partial charge is 0.134 e. The molecule has 0 aliphatic carbocycles. The summed E-state index contributed by atoms with van der Waals surface area (Å²) in [5, 5.41) is 3.31. The molecule has 1 aromatic rings. The van der Waals surface area contributed by atoms with E-state index < -0.39 is 0 Å². The van der Waals surface area contributed by atoms with Crippen LogP contribution >= 0.6 is 0 Å². The molecule has 2 rings (SSSR count). The molecule has 1 N–H and O–H groups in total. The van der Waals surface area contributed by atoms with Crippen molar-refractivity contribution in [3.63, 3.8) is 0 Å². The Morgan fingerprint density at radius 1 is 1.25 bits per heavy atom. The highest BCUT2D eigenvalue weighted by atomic mass is 15.3. The molecule has 1 fully saturated rings. The van der Waals surface area contributed by atoms with Crippen LogP contribution in [0.5, 0.6) is 0 Å². The predicted molar refractivity (Wildman–Crippen MR) is 84.5 cm³/mol. The fourth-order valence-corrected chi connectivity index (χ4v) is 2.67. The van der Waals surface area contributed by atoms with Gasteiger partial charge in [-0.1, -0.05) is 13.8 Å². The minimum Gasteiger partial charge on any atom is -0.370 e. The molecular weight excluding hydrogens is 250 g/mol. The molecule has 0 radical (unpaired) electrons. The van der Waals surface area contributed by atoms with Crippen LogP contribution in [-0.4, -0.2) is 54.1 Å². The van der Waals surface area contributed by atoms with E-state index in [0.29, 0.717) is 6.04 Å². The molecule has 0 bridgehead atoms. The number of nitrogens with one attached hydrogen (secondary N) is 1. The molecule has 1 unspecified atom stereocenters. The highest BCUT2D eigenvalue weighted by molar-refractivity contribution is 5.50. The molecule has 0 amide bonds. The zero-order valence-corrected chi connectivity index (χ0v) is 13.2. The second-order valence-corrected chi connectivity index (χ2v) is 5.40. The summed E-state index contributed by atoms with van der Waals surface area (Å²) in [6.45, 7) is 10.5. The molecule has 5 nitrogen and oxygen atoms in total. The number of hydrogen-bond donors (Lipinski definition) is 1. The normalized spacial score (nSPS) is 20.2. The maximum Gasteiger partial charge on any atom is 0.134 e. The Bertz CT molecular complexity index is 434. The Morgan fingerprint density at radius 3 is 2.70 bits per heavy atom. The maximum absolute atomic E-state index is 4.71. The largest absolute Gasteiger partial charge is 0.370 e. The zero-order chi connectivity index (χ0) is 14.5. The first-order valence-electron chi connectivity index (χ1n) is 7.74. The minimum atomic E-state index is 0.617. The summed E-state index contributed by atoms with van der Waals surface area (Å²) in [6, 6.07) is 2.70. The van der Waals surface area contributed by atoms with E-state index >= 15 is 0 Å². The van der Waals surface area contributed by atoms with E-state index in [4.69, 9.17) is 4.98 Å². The SMILES string of the molecule is CCNc1cc(N2CCN(C)C(CC)C2)nc(CC)n1. The Hall–Kier alpha value is -1.36. The van der Waals surface area contributed by atoms with Crippen molar-refractivity contribution in [3.05, 3.63) is 11.9 Å². The molecule has 1 atom stereocenters. The highest BCUT2D eigenvalue weighted by Crippen LogP contribution is 2.20. The summed E-state index contributed by atoms with van der Waals surface area (Å²) < 4.78 is 0. The number of aryl methyl sites for hydroxylation is 1. The van der Waals surface area contributed by atoms with E-state index in [-0.39, 0.29) is 0 Å². The molecule has 0 aromatic carbocycles. The number of aromatic nitrogens is 2. The first-order valence-corrected chi connectivity index (χ1v) is 7.74. The molecular formula is C15H27N5. The predicted octanol–water partition coefficient (Wildman–Crippen LogP) is 2.00. The van der Waals surface area contributed by atoms with Gasteiger partial charge < -0.3 is 10.2 Å². The molecule has 0 spiro atoms. The van der Waals surface area contributed by atoms with Crippen molar-refractivity contribution in [2.24, 2.45) is 0 Å². The van der Waals surface area contributed by atoms with Gasteiger partial charge in [-0.3, -0.25) is 4.90 Å². The van der Waals surface area contributed by atoms with Gasteiger partial charge >= 0.3 is 0 Å². The van der Waals surface area contributed by atoms with Gasteiger partial charge in [0.1, 0.15) is 17.5 Å². The van der Waals surface area contributed by atoms with Gasteiger partial charge in [0.2, 0.25) is 0 Å². The summed E-state index contributed by atoms with van der Waals surface area (Å²) in [4.78, 5) is 14.1. The van der Waals surface area contributed by atoms with Crippen molar-refractivity contribution in [1.82, 2.24) is 14.9 Å². The summed E-state index contributed by atoms with van der Waals surface area (Å²) >= 11 is 0. The molecule has 1 aliphatic heterocycles. The van der Waals surface area contributed by atoms with Gasteiger partial charge in [-0.2, -0.15) is 0 Å². The van der Waals surface area contributed by atoms with Crippen molar-refractivity contribution < 1.29 is 0 Å².